The number of rotatable bonds is 1. The molecule has 3 rings (SSSR count). The lowest BCUT2D eigenvalue weighted by Crippen LogP contribution is -1.87. The molecule has 88 valence electrons. The summed E-state index contributed by atoms with van der Waals surface area (Å²) in [7, 11) is 0. The fourth-order valence-electron chi connectivity index (χ4n) is 2.12. The number of anilines is 1. The number of halogens is 1. The Hall–Kier alpha value is -1.80. The fourth-order valence-corrected chi connectivity index (χ4v) is 2.60. The van der Waals surface area contributed by atoms with Crippen molar-refractivity contribution in [1.29, 1.82) is 0 Å². The van der Waals surface area contributed by atoms with Crippen molar-refractivity contribution in [2.75, 3.05) is 5.73 Å². The van der Waals surface area contributed by atoms with E-state index in [1.54, 1.807) is 0 Å². The Bertz CT molecular complexity index is 719. The van der Waals surface area contributed by atoms with E-state index in [9.17, 15) is 0 Å². The predicted octanol–water partition coefficient (Wildman–Crippen LogP) is 4.85. The molecule has 0 spiro atoms. The van der Waals surface area contributed by atoms with Crippen molar-refractivity contribution in [1.82, 2.24) is 0 Å². The topological polar surface area (TPSA) is 26.0 Å². The second kappa shape index (κ2) is 4.46. The van der Waals surface area contributed by atoms with Gasteiger partial charge in [0.1, 0.15) is 0 Å². The van der Waals surface area contributed by atoms with Crippen molar-refractivity contribution < 1.29 is 0 Å². The van der Waals surface area contributed by atoms with Gasteiger partial charge in [0, 0.05) is 10.2 Å². The average Bonchev–Trinajstić information content (AvgIpc) is 2.41. The van der Waals surface area contributed by atoms with Gasteiger partial charge in [-0.3, -0.25) is 0 Å². The smallest absolute Gasteiger partial charge is 0.0321 e. The SMILES string of the molecule is Nc1ccc(Br)c(-c2ccc3ccccc3c2)c1. The van der Waals surface area contributed by atoms with Crippen molar-refractivity contribution in [3.63, 3.8) is 0 Å². The standard InChI is InChI=1S/C16H12BrN/c17-16-8-7-14(18)10-15(16)13-6-5-11-3-1-2-4-12(11)9-13/h1-10H,18H2. The Morgan fingerprint density at radius 1 is 0.778 bits per heavy atom. The first-order chi connectivity index (χ1) is 8.74. The lowest BCUT2D eigenvalue weighted by Gasteiger charge is -2.07. The first-order valence-electron chi connectivity index (χ1n) is 5.78. The second-order valence-corrected chi connectivity index (χ2v) is 5.16. The van der Waals surface area contributed by atoms with Crippen LogP contribution in [0.15, 0.2) is 65.1 Å². The van der Waals surface area contributed by atoms with Crippen LogP contribution in [0.4, 0.5) is 5.69 Å². The minimum atomic E-state index is 0.779. The molecule has 0 fully saturated rings. The van der Waals surface area contributed by atoms with Crippen molar-refractivity contribution in [2.45, 2.75) is 0 Å². The van der Waals surface area contributed by atoms with Crippen LogP contribution in [0.25, 0.3) is 21.9 Å². The quantitative estimate of drug-likeness (QED) is 0.638. The molecule has 18 heavy (non-hydrogen) atoms. The summed E-state index contributed by atoms with van der Waals surface area (Å²) in [5, 5.41) is 2.49. The van der Waals surface area contributed by atoms with Crippen LogP contribution >= 0.6 is 15.9 Å². The number of hydrogen-bond acceptors (Lipinski definition) is 1. The van der Waals surface area contributed by atoms with E-state index in [2.05, 4.69) is 58.4 Å². The minimum Gasteiger partial charge on any atom is -0.399 e. The molecule has 0 unspecified atom stereocenters. The van der Waals surface area contributed by atoms with Crippen LogP contribution in [0.3, 0.4) is 0 Å². The van der Waals surface area contributed by atoms with E-state index in [0.717, 1.165) is 15.7 Å². The van der Waals surface area contributed by atoms with Crippen molar-refractivity contribution >= 4 is 32.4 Å². The minimum absolute atomic E-state index is 0.779. The maximum Gasteiger partial charge on any atom is 0.0321 e. The molecule has 3 aromatic carbocycles. The summed E-state index contributed by atoms with van der Waals surface area (Å²) in [5.74, 6) is 0. The van der Waals surface area contributed by atoms with Gasteiger partial charge in [0.2, 0.25) is 0 Å². The van der Waals surface area contributed by atoms with Crippen molar-refractivity contribution in [2.24, 2.45) is 0 Å². The average molecular weight is 298 g/mol. The summed E-state index contributed by atoms with van der Waals surface area (Å²) >= 11 is 3.58. The summed E-state index contributed by atoms with van der Waals surface area (Å²) in [6.45, 7) is 0. The molecule has 0 aliphatic rings. The Kier molecular flexibility index (Phi) is 2.80. The normalized spacial score (nSPS) is 10.7. The van der Waals surface area contributed by atoms with Gasteiger partial charge in [-0.15, -0.1) is 0 Å². The molecule has 2 N–H and O–H groups in total. The highest BCUT2D eigenvalue weighted by atomic mass is 79.9. The molecular weight excluding hydrogens is 286 g/mol. The summed E-state index contributed by atoms with van der Waals surface area (Å²) in [5.41, 5.74) is 8.94. The molecule has 0 atom stereocenters. The highest BCUT2D eigenvalue weighted by Crippen LogP contribution is 2.31. The molecule has 0 aromatic heterocycles. The molecule has 0 saturated carbocycles. The zero-order valence-electron chi connectivity index (χ0n) is 9.73. The molecule has 0 aliphatic carbocycles. The van der Waals surface area contributed by atoms with Crippen LogP contribution in [0.5, 0.6) is 0 Å². The van der Waals surface area contributed by atoms with E-state index in [1.807, 2.05) is 18.2 Å². The van der Waals surface area contributed by atoms with Crippen LogP contribution in [-0.4, -0.2) is 0 Å². The maximum atomic E-state index is 5.86. The van der Waals surface area contributed by atoms with E-state index < -0.39 is 0 Å². The molecular formula is C16H12BrN. The van der Waals surface area contributed by atoms with E-state index in [-0.39, 0.29) is 0 Å². The first kappa shape index (κ1) is 11.3. The van der Waals surface area contributed by atoms with Crippen LogP contribution in [0.2, 0.25) is 0 Å². The Labute approximate surface area is 114 Å². The molecule has 0 saturated heterocycles. The summed E-state index contributed by atoms with van der Waals surface area (Å²) in [6.07, 6.45) is 0. The van der Waals surface area contributed by atoms with Gasteiger partial charge in [-0.2, -0.15) is 0 Å². The largest absolute Gasteiger partial charge is 0.399 e. The molecule has 0 heterocycles. The molecule has 0 aliphatic heterocycles. The van der Waals surface area contributed by atoms with Crippen molar-refractivity contribution in [3.05, 3.63) is 65.1 Å². The Morgan fingerprint density at radius 3 is 2.39 bits per heavy atom. The van der Waals surface area contributed by atoms with Gasteiger partial charge in [-0.25, -0.2) is 0 Å². The zero-order chi connectivity index (χ0) is 12.5. The number of nitrogens with two attached hydrogens (primary N) is 1. The summed E-state index contributed by atoms with van der Waals surface area (Å²) in [4.78, 5) is 0. The Morgan fingerprint density at radius 2 is 1.56 bits per heavy atom. The van der Waals surface area contributed by atoms with Gasteiger partial charge in [0.05, 0.1) is 0 Å². The summed E-state index contributed by atoms with van der Waals surface area (Å²) < 4.78 is 1.06. The van der Waals surface area contributed by atoms with Crippen LogP contribution in [-0.2, 0) is 0 Å². The third kappa shape index (κ3) is 2.00. The fraction of sp³-hybridized carbons (Fsp3) is 0. The second-order valence-electron chi connectivity index (χ2n) is 4.30. The maximum absolute atomic E-state index is 5.86. The highest BCUT2D eigenvalue weighted by molar-refractivity contribution is 9.10. The van der Waals surface area contributed by atoms with Crippen LogP contribution in [0, 0.1) is 0 Å². The molecule has 0 bridgehead atoms. The number of hydrogen-bond donors (Lipinski definition) is 1. The van der Waals surface area contributed by atoms with Crippen LogP contribution < -0.4 is 5.73 Å². The first-order valence-corrected chi connectivity index (χ1v) is 6.57. The van der Waals surface area contributed by atoms with E-state index in [1.165, 1.54) is 16.3 Å². The number of benzene rings is 3. The van der Waals surface area contributed by atoms with Gasteiger partial charge in [-0.1, -0.05) is 52.3 Å². The number of nitrogen functional groups attached to an aromatic ring is 1. The van der Waals surface area contributed by atoms with Crippen LogP contribution in [0.1, 0.15) is 0 Å². The highest BCUT2D eigenvalue weighted by Gasteiger charge is 2.04. The van der Waals surface area contributed by atoms with E-state index >= 15 is 0 Å². The summed E-state index contributed by atoms with van der Waals surface area (Å²) in [6, 6.07) is 20.7. The number of fused-ring (bicyclic) bond motifs is 1. The van der Waals surface area contributed by atoms with Gasteiger partial charge in [0.15, 0.2) is 0 Å². The van der Waals surface area contributed by atoms with Crippen molar-refractivity contribution in [3.8, 4) is 11.1 Å². The van der Waals surface area contributed by atoms with Gasteiger partial charge in [0.25, 0.3) is 0 Å². The van der Waals surface area contributed by atoms with Gasteiger partial charge < -0.3 is 5.73 Å². The monoisotopic (exact) mass is 297 g/mol. The lowest BCUT2D eigenvalue weighted by atomic mass is 10.0. The predicted molar refractivity (Wildman–Crippen MR) is 81.5 cm³/mol. The Balaban J connectivity index is 2.22. The van der Waals surface area contributed by atoms with Gasteiger partial charge >= 0.3 is 0 Å². The van der Waals surface area contributed by atoms with Gasteiger partial charge in [-0.05, 0) is 46.2 Å². The molecule has 2 heteroatoms. The zero-order valence-corrected chi connectivity index (χ0v) is 11.3. The van der Waals surface area contributed by atoms with E-state index in [4.69, 9.17) is 5.73 Å². The van der Waals surface area contributed by atoms with E-state index in [0.29, 0.717) is 0 Å². The molecule has 3 aromatic rings. The third-order valence-electron chi connectivity index (χ3n) is 3.05. The third-order valence-corrected chi connectivity index (χ3v) is 3.74. The molecule has 0 amide bonds. The molecule has 0 radical (unpaired) electrons. The lowest BCUT2D eigenvalue weighted by molar-refractivity contribution is 1.59. The molecule has 1 nitrogen and oxygen atoms in total.